The number of nitriles is 1. The summed E-state index contributed by atoms with van der Waals surface area (Å²) in [6, 6.07) is 1.77. The summed E-state index contributed by atoms with van der Waals surface area (Å²) in [7, 11) is 0. The first-order valence-electron chi connectivity index (χ1n) is 4.44. The van der Waals surface area contributed by atoms with Gasteiger partial charge in [0.2, 0.25) is 5.91 Å². The van der Waals surface area contributed by atoms with Crippen molar-refractivity contribution in [3.05, 3.63) is 0 Å². The van der Waals surface area contributed by atoms with Crippen LogP contribution in [0.4, 0.5) is 0 Å². The molecule has 1 amide bonds. The second-order valence-corrected chi connectivity index (χ2v) is 3.97. The molecule has 1 rings (SSSR count). The molecule has 0 bridgehead atoms. The third-order valence-corrected chi connectivity index (χ3v) is 2.44. The number of rotatable bonds is 1. The Morgan fingerprint density at radius 2 is 2.38 bits per heavy atom. The molecule has 0 aromatic rings. The van der Waals surface area contributed by atoms with Crippen LogP contribution < -0.4 is 5.73 Å². The average molecular weight is 181 g/mol. The molecule has 1 unspecified atom stereocenters. The molecular formula is C9H15N3O. The number of hydrogen-bond donors (Lipinski definition) is 1. The standard InChI is InChI=1S/C9H15N3O/c1-7(11)8(13)12-4-3-9(2,5-10)6-12/h7H,3-4,6,11H2,1-2H3/t7-,9?/m1/s1. The summed E-state index contributed by atoms with van der Waals surface area (Å²) in [5.74, 6) is -0.0565. The smallest absolute Gasteiger partial charge is 0.239 e. The molecule has 1 aliphatic rings. The van der Waals surface area contributed by atoms with Gasteiger partial charge in [0.15, 0.2) is 0 Å². The highest BCUT2D eigenvalue weighted by atomic mass is 16.2. The highest BCUT2D eigenvalue weighted by Crippen LogP contribution is 2.28. The molecule has 2 N–H and O–H groups in total. The van der Waals surface area contributed by atoms with Crippen molar-refractivity contribution >= 4 is 5.91 Å². The van der Waals surface area contributed by atoms with Gasteiger partial charge in [0.25, 0.3) is 0 Å². The van der Waals surface area contributed by atoms with E-state index in [1.807, 2.05) is 6.92 Å². The number of amides is 1. The Kier molecular flexibility index (Phi) is 2.58. The molecule has 0 aromatic heterocycles. The van der Waals surface area contributed by atoms with Gasteiger partial charge < -0.3 is 10.6 Å². The summed E-state index contributed by atoms with van der Waals surface area (Å²) < 4.78 is 0. The molecule has 0 spiro atoms. The second kappa shape index (κ2) is 3.35. The third-order valence-electron chi connectivity index (χ3n) is 2.44. The Bertz CT molecular complexity index is 256. The lowest BCUT2D eigenvalue weighted by atomic mass is 9.92. The van der Waals surface area contributed by atoms with E-state index in [9.17, 15) is 4.79 Å². The van der Waals surface area contributed by atoms with Gasteiger partial charge in [0, 0.05) is 13.1 Å². The Balaban J connectivity index is 2.61. The van der Waals surface area contributed by atoms with Crippen LogP contribution in [0, 0.1) is 16.7 Å². The minimum absolute atomic E-state index is 0.0565. The zero-order valence-corrected chi connectivity index (χ0v) is 8.08. The van der Waals surface area contributed by atoms with E-state index in [2.05, 4.69) is 6.07 Å². The van der Waals surface area contributed by atoms with Crippen LogP contribution in [0.1, 0.15) is 20.3 Å². The molecule has 72 valence electrons. The van der Waals surface area contributed by atoms with Gasteiger partial charge in [0.1, 0.15) is 0 Å². The number of hydrogen-bond acceptors (Lipinski definition) is 3. The Morgan fingerprint density at radius 1 is 1.77 bits per heavy atom. The summed E-state index contributed by atoms with van der Waals surface area (Å²) in [6.45, 7) is 4.72. The molecule has 1 saturated heterocycles. The molecule has 0 saturated carbocycles. The minimum atomic E-state index is -0.457. The van der Waals surface area contributed by atoms with Crippen LogP contribution in [0.15, 0.2) is 0 Å². The van der Waals surface area contributed by atoms with Crippen LogP contribution in [0.3, 0.4) is 0 Å². The van der Waals surface area contributed by atoms with Gasteiger partial charge >= 0.3 is 0 Å². The molecule has 1 heterocycles. The van der Waals surface area contributed by atoms with E-state index in [1.54, 1.807) is 11.8 Å². The first kappa shape index (κ1) is 10.0. The SMILES string of the molecule is C[C@@H](N)C(=O)N1CCC(C)(C#N)C1. The van der Waals surface area contributed by atoms with E-state index in [0.29, 0.717) is 13.1 Å². The molecule has 0 aliphatic carbocycles. The summed E-state index contributed by atoms with van der Waals surface area (Å²) in [5, 5.41) is 8.84. The predicted octanol–water partition coefficient (Wildman–Crippen LogP) is 0.0958. The van der Waals surface area contributed by atoms with E-state index in [0.717, 1.165) is 6.42 Å². The van der Waals surface area contributed by atoms with Crippen LogP contribution in [-0.2, 0) is 4.79 Å². The quantitative estimate of drug-likeness (QED) is 0.623. The van der Waals surface area contributed by atoms with Crippen LogP contribution >= 0.6 is 0 Å². The van der Waals surface area contributed by atoms with Gasteiger partial charge in [-0.2, -0.15) is 5.26 Å². The molecule has 0 radical (unpaired) electrons. The zero-order valence-electron chi connectivity index (χ0n) is 8.08. The largest absolute Gasteiger partial charge is 0.340 e. The van der Waals surface area contributed by atoms with E-state index >= 15 is 0 Å². The number of carbonyl (C=O) groups excluding carboxylic acids is 1. The first-order valence-corrected chi connectivity index (χ1v) is 4.44. The number of nitrogens with two attached hydrogens (primary N) is 1. The van der Waals surface area contributed by atoms with Crippen LogP contribution in [0.5, 0.6) is 0 Å². The molecule has 2 atom stereocenters. The van der Waals surface area contributed by atoms with Gasteiger partial charge in [0.05, 0.1) is 17.5 Å². The van der Waals surface area contributed by atoms with Crippen LogP contribution in [0.25, 0.3) is 0 Å². The highest BCUT2D eigenvalue weighted by molar-refractivity contribution is 5.81. The maximum Gasteiger partial charge on any atom is 0.239 e. The highest BCUT2D eigenvalue weighted by Gasteiger charge is 2.36. The van der Waals surface area contributed by atoms with Crippen molar-refractivity contribution < 1.29 is 4.79 Å². The molecule has 13 heavy (non-hydrogen) atoms. The van der Waals surface area contributed by atoms with E-state index in [-0.39, 0.29) is 11.3 Å². The van der Waals surface area contributed by atoms with Crippen molar-refractivity contribution in [2.45, 2.75) is 26.3 Å². The van der Waals surface area contributed by atoms with E-state index in [1.165, 1.54) is 0 Å². The molecule has 4 heteroatoms. The summed E-state index contributed by atoms with van der Waals surface area (Å²) in [6.07, 6.45) is 0.752. The normalized spacial score (nSPS) is 29.8. The first-order chi connectivity index (χ1) is 5.98. The summed E-state index contributed by atoms with van der Waals surface area (Å²) in [5.41, 5.74) is 5.10. The van der Waals surface area contributed by atoms with Gasteiger partial charge in [-0.3, -0.25) is 4.79 Å². The number of likely N-dealkylation sites (tertiary alicyclic amines) is 1. The summed E-state index contributed by atoms with van der Waals surface area (Å²) in [4.78, 5) is 13.1. The summed E-state index contributed by atoms with van der Waals surface area (Å²) >= 11 is 0. The van der Waals surface area contributed by atoms with Gasteiger partial charge in [-0.05, 0) is 20.3 Å². The number of carbonyl (C=O) groups is 1. The third kappa shape index (κ3) is 1.99. The minimum Gasteiger partial charge on any atom is -0.340 e. The van der Waals surface area contributed by atoms with Crippen molar-refractivity contribution in [2.24, 2.45) is 11.1 Å². The fraction of sp³-hybridized carbons (Fsp3) is 0.778. The average Bonchev–Trinajstić information content (AvgIpc) is 2.47. The molecule has 4 nitrogen and oxygen atoms in total. The Morgan fingerprint density at radius 3 is 2.77 bits per heavy atom. The van der Waals surface area contributed by atoms with Gasteiger partial charge in [-0.15, -0.1) is 0 Å². The second-order valence-electron chi connectivity index (χ2n) is 3.97. The number of nitrogens with zero attached hydrogens (tertiary/aromatic N) is 2. The van der Waals surface area contributed by atoms with Crippen molar-refractivity contribution in [3.8, 4) is 6.07 Å². The Hall–Kier alpha value is -1.08. The lowest BCUT2D eigenvalue weighted by molar-refractivity contribution is -0.131. The fourth-order valence-corrected chi connectivity index (χ4v) is 1.53. The zero-order chi connectivity index (χ0) is 10.1. The van der Waals surface area contributed by atoms with Gasteiger partial charge in [-0.1, -0.05) is 0 Å². The Labute approximate surface area is 78.3 Å². The molecule has 0 aromatic carbocycles. The maximum absolute atomic E-state index is 11.4. The molecule has 1 aliphatic heterocycles. The van der Waals surface area contributed by atoms with Crippen LogP contribution in [0.2, 0.25) is 0 Å². The molecular weight excluding hydrogens is 166 g/mol. The van der Waals surface area contributed by atoms with E-state index < -0.39 is 6.04 Å². The van der Waals surface area contributed by atoms with Crippen molar-refractivity contribution in [3.63, 3.8) is 0 Å². The van der Waals surface area contributed by atoms with E-state index in [4.69, 9.17) is 11.0 Å². The monoisotopic (exact) mass is 181 g/mol. The van der Waals surface area contributed by atoms with Crippen molar-refractivity contribution in [1.82, 2.24) is 4.90 Å². The topological polar surface area (TPSA) is 70.1 Å². The predicted molar refractivity (Wildman–Crippen MR) is 48.6 cm³/mol. The van der Waals surface area contributed by atoms with Crippen LogP contribution in [-0.4, -0.2) is 29.9 Å². The fourth-order valence-electron chi connectivity index (χ4n) is 1.53. The lowest BCUT2D eigenvalue weighted by Crippen LogP contribution is -2.41. The van der Waals surface area contributed by atoms with Crippen molar-refractivity contribution in [1.29, 1.82) is 5.26 Å². The van der Waals surface area contributed by atoms with Gasteiger partial charge in [-0.25, -0.2) is 0 Å². The lowest BCUT2D eigenvalue weighted by Gasteiger charge is -2.19. The van der Waals surface area contributed by atoms with Crippen molar-refractivity contribution in [2.75, 3.05) is 13.1 Å². The maximum atomic E-state index is 11.4. The molecule has 1 fully saturated rings.